The molecule has 0 aromatic heterocycles. The van der Waals surface area contributed by atoms with Gasteiger partial charge in [0.2, 0.25) is 5.91 Å². The van der Waals surface area contributed by atoms with Gasteiger partial charge in [-0.25, -0.2) is 0 Å². The fraction of sp³-hybridized carbons (Fsp3) is 0.917. The van der Waals surface area contributed by atoms with E-state index < -0.39 is 86.8 Å². The molecule has 0 aromatic rings. The van der Waals surface area contributed by atoms with Crippen LogP contribution in [0.3, 0.4) is 0 Å². The molecular weight excluding hydrogens is 696 g/mol. The average Bonchev–Trinajstić information content (AvgIpc) is 3.15. The lowest BCUT2D eigenvalue weighted by atomic mass is 9.97. The maximum atomic E-state index is 12.8. The van der Waals surface area contributed by atoms with Crippen molar-refractivity contribution in [3.8, 4) is 0 Å². The molecule has 1 amide bonds. The third-order valence-corrected chi connectivity index (χ3v) is 9.69. The van der Waals surface area contributed by atoms with Crippen LogP contribution in [0.1, 0.15) is 110 Å². The molecule has 17 nitrogen and oxygen atoms in total. The van der Waals surface area contributed by atoms with Crippen LogP contribution in [0, 0.1) is 0 Å². The Morgan fingerprint density at radius 1 is 0.792 bits per heavy atom. The molecule has 0 aromatic carbocycles. The van der Waals surface area contributed by atoms with E-state index in [2.05, 4.69) is 22.3 Å². The highest BCUT2D eigenvalue weighted by atomic mass is 16.7. The number of aliphatic hydroxyl groups excluding tert-OH is 8. The number of hydrogen-bond acceptors (Lipinski definition) is 14. The van der Waals surface area contributed by atoms with Gasteiger partial charge in [0.05, 0.1) is 32.0 Å². The van der Waals surface area contributed by atoms with E-state index in [0.29, 0.717) is 25.8 Å². The Bertz CT molecular complexity index is 1050. The van der Waals surface area contributed by atoms with Gasteiger partial charge < -0.3 is 65.1 Å². The van der Waals surface area contributed by atoms with Gasteiger partial charge in [-0.1, -0.05) is 94.8 Å². The van der Waals surface area contributed by atoms with Crippen molar-refractivity contribution < 1.29 is 64.6 Å². The highest BCUT2D eigenvalue weighted by Crippen LogP contribution is 2.29. The number of azide groups is 1. The Hall–Kier alpha value is -1.96. The number of nitrogens with zero attached hydrogens (tertiary/aromatic N) is 3. The Balaban J connectivity index is 1.94. The molecule has 2 saturated heterocycles. The van der Waals surface area contributed by atoms with Crippen molar-refractivity contribution in [1.29, 1.82) is 0 Å². The van der Waals surface area contributed by atoms with E-state index in [1.165, 1.54) is 51.4 Å². The second-order valence-corrected chi connectivity index (χ2v) is 14.0. The number of allylic oxidation sites excluding steroid dienone is 1. The molecule has 0 radical (unpaired) electrons. The van der Waals surface area contributed by atoms with Crippen LogP contribution < -0.4 is 5.32 Å². The van der Waals surface area contributed by atoms with Gasteiger partial charge in [0.25, 0.3) is 0 Å². The molecule has 0 bridgehead atoms. The molecule has 2 fully saturated rings. The third-order valence-electron chi connectivity index (χ3n) is 9.69. The summed E-state index contributed by atoms with van der Waals surface area (Å²) in [6, 6.07) is -0.970. The van der Waals surface area contributed by atoms with E-state index in [1.807, 2.05) is 6.08 Å². The molecule has 10 unspecified atom stereocenters. The number of unbranched alkanes of at least 4 members (excludes halogenated alkanes) is 13. The van der Waals surface area contributed by atoms with Crippen LogP contribution in [0.25, 0.3) is 10.4 Å². The van der Waals surface area contributed by atoms with Gasteiger partial charge in [0, 0.05) is 17.9 Å². The van der Waals surface area contributed by atoms with E-state index in [0.717, 1.165) is 25.7 Å². The summed E-state index contributed by atoms with van der Waals surface area (Å²) in [7, 11) is 0. The summed E-state index contributed by atoms with van der Waals surface area (Å²) in [4.78, 5) is 15.5. The van der Waals surface area contributed by atoms with Crippen LogP contribution in [0.5, 0.6) is 0 Å². The van der Waals surface area contributed by atoms with Gasteiger partial charge in [-0.3, -0.25) is 4.79 Å². The van der Waals surface area contributed by atoms with Crippen LogP contribution in [0.2, 0.25) is 0 Å². The van der Waals surface area contributed by atoms with E-state index in [9.17, 15) is 45.6 Å². The minimum Gasteiger partial charge on any atom is -0.394 e. The smallest absolute Gasteiger partial charge is 0.220 e. The number of aliphatic hydroxyl groups is 8. The number of carbonyl (C=O) groups is 1. The molecule has 2 rings (SSSR count). The van der Waals surface area contributed by atoms with Crippen LogP contribution >= 0.6 is 0 Å². The number of hydrogen-bond donors (Lipinski definition) is 9. The van der Waals surface area contributed by atoms with Crippen LogP contribution in [0.15, 0.2) is 17.3 Å². The summed E-state index contributed by atoms with van der Waals surface area (Å²) in [5.74, 6) is -0.355. The van der Waals surface area contributed by atoms with Crippen LogP contribution in [0.4, 0.5) is 0 Å². The molecular formula is C36H66N4O13. The third kappa shape index (κ3) is 17.2. The molecule has 0 spiro atoms. The quantitative estimate of drug-likeness (QED) is 0.0180. The summed E-state index contributed by atoms with van der Waals surface area (Å²) in [6.07, 6.45) is 2.30. The predicted molar refractivity (Wildman–Crippen MR) is 193 cm³/mol. The summed E-state index contributed by atoms with van der Waals surface area (Å²) in [5, 5.41) is 89.1. The lowest BCUT2D eigenvalue weighted by Crippen LogP contribution is -2.65. The minimum absolute atomic E-state index is 0.146. The van der Waals surface area contributed by atoms with Gasteiger partial charge in [-0.2, -0.15) is 0 Å². The van der Waals surface area contributed by atoms with Crippen LogP contribution in [-0.4, -0.2) is 147 Å². The van der Waals surface area contributed by atoms with Gasteiger partial charge in [0.1, 0.15) is 48.8 Å². The van der Waals surface area contributed by atoms with Gasteiger partial charge >= 0.3 is 0 Å². The Labute approximate surface area is 312 Å². The number of ether oxygens (including phenoxy) is 4. The van der Waals surface area contributed by atoms with E-state index >= 15 is 0 Å². The van der Waals surface area contributed by atoms with E-state index in [1.54, 1.807) is 6.08 Å². The first-order valence-corrected chi connectivity index (χ1v) is 19.4. The zero-order chi connectivity index (χ0) is 39.0. The van der Waals surface area contributed by atoms with Crippen molar-refractivity contribution in [1.82, 2.24) is 5.32 Å². The molecule has 2 aliphatic heterocycles. The summed E-state index contributed by atoms with van der Waals surface area (Å²) in [5.41, 5.74) is 8.42. The molecule has 308 valence electrons. The highest BCUT2D eigenvalue weighted by molar-refractivity contribution is 5.76. The zero-order valence-corrected chi connectivity index (χ0v) is 31.2. The maximum absolute atomic E-state index is 12.8. The first kappa shape index (κ1) is 47.2. The normalized spacial score (nSPS) is 30.2. The van der Waals surface area contributed by atoms with E-state index in [4.69, 9.17) is 24.5 Å². The van der Waals surface area contributed by atoms with Crippen molar-refractivity contribution in [3.05, 3.63) is 22.6 Å². The number of amides is 1. The molecule has 9 N–H and O–H groups in total. The van der Waals surface area contributed by atoms with Crippen molar-refractivity contribution >= 4 is 5.91 Å². The first-order valence-electron chi connectivity index (χ1n) is 19.4. The second-order valence-electron chi connectivity index (χ2n) is 14.0. The molecule has 2 heterocycles. The van der Waals surface area contributed by atoms with Crippen LogP contribution in [-0.2, 0) is 23.7 Å². The second kappa shape index (κ2) is 27.6. The van der Waals surface area contributed by atoms with Crippen molar-refractivity contribution in [3.63, 3.8) is 0 Å². The largest absolute Gasteiger partial charge is 0.394 e. The van der Waals surface area contributed by atoms with Crippen molar-refractivity contribution in [2.45, 2.75) is 183 Å². The average molecular weight is 763 g/mol. The number of rotatable bonds is 28. The molecule has 0 aliphatic carbocycles. The number of carbonyl (C=O) groups excluding carboxylic acids is 1. The fourth-order valence-electron chi connectivity index (χ4n) is 6.38. The molecule has 53 heavy (non-hydrogen) atoms. The monoisotopic (exact) mass is 762 g/mol. The van der Waals surface area contributed by atoms with Gasteiger partial charge in [-0.15, -0.1) is 0 Å². The van der Waals surface area contributed by atoms with E-state index in [-0.39, 0.29) is 18.9 Å². The summed E-state index contributed by atoms with van der Waals surface area (Å²) < 4.78 is 22.4. The molecule has 17 heteroatoms. The van der Waals surface area contributed by atoms with Gasteiger partial charge in [0.15, 0.2) is 12.6 Å². The lowest BCUT2D eigenvalue weighted by Gasteiger charge is -2.46. The standard InChI is InChI=1S/C36H66N4O13/c1-2-3-4-5-6-7-8-9-10-11-12-13-15-18-25(43)24(39-28(44)19-16-14-17-20-38-40-37)23-50-35-33(49)31(47)34(27(22-42)52-35)53-36-32(48)30(46)29(45)26(21-41)51-36/h15,18,24-27,29-36,41-43,45-49H,2-14,16-17,19-23H2,1H3,(H,39,44)/b18-15+/t24-,25+,26?,27?,29?,30?,31?,32?,33?,34?,35?,36?/m0/s1. The summed E-state index contributed by atoms with van der Waals surface area (Å²) >= 11 is 0. The zero-order valence-electron chi connectivity index (χ0n) is 31.2. The van der Waals surface area contributed by atoms with Crippen molar-refractivity contribution in [2.24, 2.45) is 5.11 Å². The molecule has 0 saturated carbocycles. The topological polar surface area (TPSA) is 277 Å². The first-order chi connectivity index (χ1) is 25.6. The lowest BCUT2D eigenvalue weighted by molar-refractivity contribution is -0.359. The minimum atomic E-state index is -1.80. The Morgan fingerprint density at radius 2 is 1.38 bits per heavy atom. The predicted octanol–water partition coefficient (Wildman–Crippen LogP) is 1.60. The maximum Gasteiger partial charge on any atom is 0.220 e. The molecule has 2 aliphatic rings. The fourth-order valence-corrected chi connectivity index (χ4v) is 6.38. The summed E-state index contributed by atoms with van der Waals surface area (Å²) in [6.45, 7) is 0.743. The SMILES string of the molecule is CCCCCCCCCCCCC/C=C/[C@@H](O)[C@H](COC1OC(CO)C(OC2OC(CO)C(O)C(O)C2O)C(O)C1O)NC(=O)CCCCCN=[N+]=[N-]. The van der Waals surface area contributed by atoms with Gasteiger partial charge in [-0.05, 0) is 31.2 Å². The van der Waals surface area contributed by atoms with Crippen molar-refractivity contribution in [2.75, 3.05) is 26.4 Å². The Kier molecular flexibility index (Phi) is 24.6. The number of nitrogens with one attached hydrogen (secondary N) is 1. The molecule has 12 atom stereocenters. The Morgan fingerprint density at radius 3 is 2.00 bits per heavy atom. The highest BCUT2D eigenvalue weighted by Gasteiger charge is 2.50.